The number of esters is 1. The summed E-state index contributed by atoms with van der Waals surface area (Å²) in [7, 11) is 0. The first-order valence-corrected chi connectivity index (χ1v) is 10.6. The molecule has 0 atom stereocenters. The van der Waals surface area contributed by atoms with E-state index in [4.69, 9.17) is 13.9 Å². The van der Waals surface area contributed by atoms with Crippen molar-refractivity contribution >= 4 is 28.7 Å². The van der Waals surface area contributed by atoms with E-state index in [1.165, 1.54) is 48.5 Å². The number of halogens is 3. The lowest BCUT2D eigenvalue weighted by molar-refractivity contribution is -0.384. The summed E-state index contributed by atoms with van der Waals surface area (Å²) in [6.45, 7) is 1.78. The van der Waals surface area contributed by atoms with E-state index >= 15 is 0 Å². The smallest absolute Gasteiger partial charge is 0.449 e. The van der Waals surface area contributed by atoms with Crippen LogP contribution in [0.4, 0.5) is 18.9 Å². The van der Waals surface area contributed by atoms with Gasteiger partial charge in [0.15, 0.2) is 0 Å². The number of carbonyl (C=O) groups excluding carboxylic acids is 1. The molecular formula is C26H16F3NO7. The van der Waals surface area contributed by atoms with Crippen molar-refractivity contribution in [3.63, 3.8) is 0 Å². The lowest BCUT2D eigenvalue weighted by Gasteiger charge is -2.13. The second-order valence-corrected chi connectivity index (χ2v) is 7.77. The third-order valence-electron chi connectivity index (χ3n) is 5.03. The summed E-state index contributed by atoms with van der Waals surface area (Å²) in [5, 5.41) is 10.6. The van der Waals surface area contributed by atoms with Crippen LogP contribution in [0.1, 0.15) is 16.9 Å². The fourth-order valence-electron chi connectivity index (χ4n) is 3.28. The summed E-state index contributed by atoms with van der Waals surface area (Å²) >= 11 is 0. The van der Waals surface area contributed by atoms with Crippen molar-refractivity contribution in [1.82, 2.24) is 0 Å². The van der Waals surface area contributed by atoms with Gasteiger partial charge in [-0.3, -0.25) is 14.9 Å². The van der Waals surface area contributed by atoms with Gasteiger partial charge in [-0.15, -0.1) is 0 Å². The number of fused-ring (bicyclic) bond motifs is 1. The zero-order valence-electron chi connectivity index (χ0n) is 18.9. The molecule has 4 aromatic rings. The zero-order valence-corrected chi connectivity index (χ0v) is 18.9. The van der Waals surface area contributed by atoms with Crippen LogP contribution in [-0.4, -0.2) is 10.9 Å². The molecule has 1 aromatic heterocycles. The predicted molar refractivity (Wildman–Crippen MR) is 127 cm³/mol. The number of nitrogens with zero attached hydrogens (tertiary/aromatic N) is 1. The minimum absolute atomic E-state index is 0.0174. The maximum Gasteiger partial charge on any atom is 0.453 e. The third-order valence-corrected chi connectivity index (χ3v) is 5.03. The number of hydrogen-bond donors (Lipinski definition) is 0. The van der Waals surface area contributed by atoms with Crippen LogP contribution >= 0.6 is 0 Å². The van der Waals surface area contributed by atoms with E-state index in [1.807, 2.05) is 0 Å². The Hall–Kier alpha value is -4.93. The molecule has 0 saturated carbocycles. The van der Waals surface area contributed by atoms with Crippen molar-refractivity contribution in [1.29, 1.82) is 0 Å². The normalized spacial score (nSPS) is 11.6. The Balaban J connectivity index is 1.63. The standard InChI is InChI=1S/C26H16F3NO7/c1-15-5-8-18(9-6-15)36-24-23(32)20-11-10-19(14-21(20)37-25(24)26(27,28)29)35-22(31)12-7-16-3-2-4-17(13-16)30(33)34/h2-14H,1H3. The molecule has 4 rings (SSSR count). The van der Waals surface area contributed by atoms with Gasteiger partial charge in [-0.05, 0) is 42.8 Å². The number of ether oxygens (including phenoxy) is 2. The predicted octanol–water partition coefficient (Wildman–Crippen LogP) is 6.44. The average molecular weight is 511 g/mol. The first-order chi connectivity index (χ1) is 17.5. The Morgan fingerprint density at radius 1 is 1.03 bits per heavy atom. The van der Waals surface area contributed by atoms with E-state index < -0.39 is 39.6 Å². The van der Waals surface area contributed by atoms with Gasteiger partial charge in [0.1, 0.15) is 17.1 Å². The Kier molecular flexibility index (Phi) is 6.79. The molecule has 1 heterocycles. The molecule has 8 nitrogen and oxygen atoms in total. The Morgan fingerprint density at radius 2 is 1.73 bits per heavy atom. The van der Waals surface area contributed by atoms with E-state index in [9.17, 15) is 32.9 Å². The number of rotatable bonds is 6. The number of nitro groups is 1. The Morgan fingerprint density at radius 3 is 2.41 bits per heavy atom. The summed E-state index contributed by atoms with van der Waals surface area (Å²) in [4.78, 5) is 35.3. The van der Waals surface area contributed by atoms with E-state index in [0.717, 1.165) is 23.8 Å². The monoisotopic (exact) mass is 511 g/mol. The van der Waals surface area contributed by atoms with Gasteiger partial charge >= 0.3 is 12.1 Å². The van der Waals surface area contributed by atoms with Crippen molar-refractivity contribution < 1.29 is 36.8 Å². The molecule has 11 heteroatoms. The molecule has 0 bridgehead atoms. The van der Waals surface area contributed by atoms with Crippen LogP contribution < -0.4 is 14.9 Å². The van der Waals surface area contributed by atoms with Gasteiger partial charge in [0, 0.05) is 24.3 Å². The van der Waals surface area contributed by atoms with Gasteiger partial charge in [0.25, 0.3) is 11.4 Å². The highest BCUT2D eigenvalue weighted by Crippen LogP contribution is 2.38. The molecule has 0 unspecified atom stereocenters. The number of alkyl halides is 3. The molecule has 188 valence electrons. The molecule has 0 aliphatic heterocycles. The molecule has 0 aliphatic rings. The summed E-state index contributed by atoms with van der Waals surface area (Å²) in [5.41, 5.74) is -0.507. The molecule has 0 radical (unpaired) electrons. The van der Waals surface area contributed by atoms with Crippen LogP contribution in [0.5, 0.6) is 17.2 Å². The van der Waals surface area contributed by atoms with Crippen molar-refractivity contribution in [2.24, 2.45) is 0 Å². The van der Waals surface area contributed by atoms with Crippen LogP contribution in [-0.2, 0) is 11.0 Å². The van der Waals surface area contributed by atoms with E-state index in [1.54, 1.807) is 19.1 Å². The first-order valence-electron chi connectivity index (χ1n) is 10.6. The molecule has 3 aromatic carbocycles. The number of nitro benzene ring substituents is 1. The molecule has 0 amide bonds. The van der Waals surface area contributed by atoms with Gasteiger partial charge < -0.3 is 13.9 Å². The lowest BCUT2D eigenvalue weighted by Crippen LogP contribution is -2.15. The fraction of sp³-hybridized carbons (Fsp3) is 0.0769. The maximum absolute atomic E-state index is 13.7. The van der Waals surface area contributed by atoms with Crippen molar-refractivity contribution in [2.45, 2.75) is 13.1 Å². The van der Waals surface area contributed by atoms with Crippen molar-refractivity contribution in [2.75, 3.05) is 0 Å². The molecule has 0 aliphatic carbocycles. The number of aryl methyl sites for hydroxylation is 1. The highest BCUT2D eigenvalue weighted by molar-refractivity contribution is 5.89. The lowest BCUT2D eigenvalue weighted by atomic mass is 10.2. The molecule has 0 spiro atoms. The summed E-state index contributed by atoms with van der Waals surface area (Å²) < 4.78 is 56.5. The number of non-ortho nitro benzene ring substituents is 1. The first kappa shape index (κ1) is 25.2. The molecule has 0 saturated heterocycles. The SMILES string of the molecule is Cc1ccc(Oc2c(C(F)(F)F)oc3cc(OC(=O)C=Cc4cccc([N+](=O)[O-])c4)ccc3c2=O)cc1. The number of carbonyl (C=O) groups is 1. The average Bonchev–Trinajstić information content (AvgIpc) is 2.85. The van der Waals surface area contributed by atoms with Crippen LogP contribution in [0, 0.1) is 17.0 Å². The highest BCUT2D eigenvalue weighted by atomic mass is 19.4. The zero-order chi connectivity index (χ0) is 26.7. The second kappa shape index (κ2) is 9.97. The minimum atomic E-state index is -5.05. The molecule has 37 heavy (non-hydrogen) atoms. The van der Waals surface area contributed by atoms with Crippen LogP contribution in [0.3, 0.4) is 0 Å². The van der Waals surface area contributed by atoms with E-state index in [2.05, 4.69) is 0 Å². The Bertz CT molecular complexity index is 1590. The highest BCUT2D eigenvalue weighted by Gasteiger charge is 2.40. The fourth-order valence-corrected chi connectivity index (χ4v) is 3.28. The van der Waals surface area contributed by atoms with Gasteiger partial charge in [-0.25, -0.2) is 4.79 Å². The van der Waals surface area contributed by atoms with E-state index in [-0.39, 0.29) is 22.6 Å². The van der Waals surface area contributed by atoms with Crippen molar-refractivity contribution in [3.8, 4) is 17.2 Å². The van der Waals surface area contributed by atoms with Gasteiger partial charge in [-0.1, -0.05) is 29.8 Å². The maximum atomic E-state index is 13.7. The molecular weight excluding hydrogens is 495 g/mol. The summed E-state index contributed by atoms with van der Waals surface area (Å²) in [5.74, 6) is -3.75. The minimum Gasteiger partial charge on any atom is -0.449 e. The van der Waals surface area contributed by atoms with Crippen LogP contribution in [0.25, 0.3) is 17.0 Å². The third kappa shape index (κ3) is 5.84. The topological polar surface area (TPSA) is 109 Å². The van der Waals surface area contributed by atoms with Gasteiger partial charge in [0.2, 0.25) is 11.2 Å². The Labute approximate surface area is 206 Å². The molecule has 0 fully saturated rings. The van der Waals surface area contributed by atoms with Gasteiger partial charge in [0.05, 0.1) is 10.3 Å². The van der Waals surface area contributed by atoms with Crippen molar-refractivity contribution in [3.05, 3.63) is 110 Å². The summed E-state index contributed by atoms with van der Waals surface area (Å²) in [6.07, 6.45) is -2.80. The number of benzene rings is 3. The van der Waals surface area contributed by atoms with Crippen LogP contribution in [0.2, 0.25) is 0 Å². The van der Waals surface area contributed by atoms with Gasteiger partial charge in [-0.2, -0.15) is 13.2 Å². The van der Waals surface area contributed by atoms with Crippen LogP contribution in [0.15, 0.2) is 82.0 Å². The largest absolute Gasteiger partial charge is 0.453 e. The second-order valence-electron chi connectivity index (χ2n) is 7.77. The number of hydrogen-bond acceptors (Lipinski definition) is 7. The quantitative estimate of drug-likeness (QED) is 0.0963. The van der Waals surface area contributed by atoms with E-state index in [0.29, 0.717) is 5.56 Å². The summed E-state index contributed by atoms with van der Waals surface area (Å²) in [6, 6.07) is 14.9. The molecule has 0 N–H and O–H groups in total.